The van der Waals surface area contributed by atoms with Crippen molar-refractivity contribution < 1.29 is 3.90 Å². The van der Waals surface area contributed by atoms with Crippen molar-refractivity contribution in [3.05, 3.63) is 0 Å². The molecule has 0 atom stereocenters. The van der Waals surface area contributed by atoms with Gasteiger partial charge in [0.2, 0.25) is 24.7 Å². The van der Waals surface area contributed by atoms with E-state index in [-0.39, 0.29) is 0 Å². The fourth-order valence-electron chi connectivity index (χ4n) is 3.38. The van der Waals surface area contributed by atoms with Crippen LogP contribution in [0.15, 0.2) is 0 Å². The van der Waals surface area contributed by atoms with Crippen LogP contribution in [0.25, 0.3) is 0 Å². The van der Waals surface area contributed by atoms with Crippen LogP contribution in [0.2, 0.25) is 58.9 Å². The van der Waals surface area contributed by atoms with Gasteiger partial charge in [-0.05, 0) is 58.9 Å². The van der Waals surface area contributed by atoms with Gasteiger partial charge < -0.3 is 3.90 Å². The molecule has 80 valence electrons. The summed E-state index contributed by atoms with van der Waals surface area (Å²) in [4.78, 5) is 0. The molecule has 0 unspecified atom stereocenters. The van der Waals surface area contributed by atoms with Crippen molar-refractivity contribution in [2.45, 2.75) is 58.9 Å². The molecule has 0 bridgehead atoms. The van der Waals surface area contributed by atoms with Crippen LogP contribution in [0.4, 0.5) is 0 Å². The first kappa shape index (κ1) is 13.6. The minimum Gasteiger partial charge on any atom is -0.519 e. The summed E-state index contributed by atoms with van der Waals surface area (Å²) in [6.07, 6.45) is 0. The molecule has 0 amide bonds. The van der Waals surface area contributed by atoms with Gasteiger partial charge in [0.05, 0.1) is 0 Å². The Bertz CT molecular complexity index is 137. The molecule has 1 nitrogen and oxygen atoms in total. The monoisotopic (exact) mass is 234 g/mol. The Morgan fingerprint density at radius 3 is 0.615 bits per heavy atom. The number of nitrogens with one attached hydrogen (secondary N) is 1. The molecule has 4 heteroatoms. The van der Waals surface area contributed by atoms with Gasteiger partial charge in [0.25, 0.3) is 0 Å². The van der Waals surface area contributed by atoms with Crippen LogP contribution >= 0.6 is 0 Å². The third-order valence-corrected chi connectivity index (χ3v) is 20.2. The first-order valence-corrected chi connectivity index (χ1v) is 15.8. The van der Waals surface area contributed by atoms with E-state index in [1.807, 2.05) is 0 Å². The fraction of sp³-hybridized carbons (Fsp3) is 1.00. The van der Waals surface area contributed by atoms with Crippen molar-refractivity contribution in [2.75, 3.05) is 0 Å². The van der Waals surface area contributed by atoms with Crippen molar-refractivity contribution in [3.8, 4) is 0 Å². The van der Waals surface area contributed by atoms with Gasteiger partial charge in [-0.1, -0.05) is 0 Å². The quantitative estimate of drug-likeness (QED) is 0.715. The lowest BCUT2D eigenvalue weighted by atomic mass is 11.8. The van der Waals surface area contributed by atoms with Crippen molar-refractivity contribution in [1.82, 2.24) is 0 Å². The average molecular weight is 235 g/mol. The summed E-state index contributed by atoms with van der Waals surface area (Å²) in [7, 11) is -3.05. The molecule has 0 saturated heterocycles. The van der Waals surface area contributed by atoms with Crippen LogP contribution in [0.1, 0.15) is 0 Å². The van der Waals surface area contributed by atoms with Gasteiger partial charge in [-0.2, -0.15) is 0 Å². The number of hydrogen-bond donors (Lipinski definition) is 1. The molecular weight excluding hydrogens is 206 g/mol. The Morgan fingerprint density at radius 2 is 0.615 bits per heavy atom. The smallest absolute Gasteiger partial charge is 0.241 e. The molecule has 0 heterocycles. The molecule has 0 aromatic rings. The van der Waals surface area contributed by atoms with Gasteiger partial charge in [-0.3, -0.25) is 0 Å². The third kappa shape index (κ3) is 4.10. The Labute approximate surface area is 87.8 Å². The van der Waals surface area contributed by atoms with Crippen LogP contribution in [-0.4, -0.2) is 24.7 Å². The number of hydrogen-bond acceptors (Lipinski definition) is 0. The largest absolute Gasteiger partial charge is 0.519 e. The summed E-state index contributed by atoms with van der Waals surface area (Å²) in [6.45, 7) is 22.7. The number of rotatable bonds is 3. The van der Waals surface area contributed by atoms with E-state index in [1.54, 1.807) is 0 Å². The van der Waals surface area contributed by atoms with Crippen molar-refractivity contribution in [1.29, 1.82) is 0 Å². The molecule has 0 rings (SSSR count). The molecule has 13 heavy (non-hydrogen) atoms. The van der Waals surface area contributed by atoms with Crippen LogP contribution < -0.4 is 3.90 Å². The zero-order chi connectivity index (χ0) is 11.1. The summed E-state index contributed by atoms with van der Waals surface area (Å²) in [6, 6.07) is 0. The summed E-state index contributed by atoms with van der Waals surface area (Å²) in [5, 5.41) is 0. The fourth-order valence-corrected chi connectivity index (χ4v) is 30.4. The minimum absolute atomic E-state index is 1.02. The molecule has 0 aromatic heterocycles. The van der Waals surface area contributed by atoms with Crippen LogP contribution in [-0.2, 0) is 0 Å². The Kier molecular flexibility index (Phi) is 3.81. The standard InChI is InChI=1S/C9H28NSi3/c1-11(2,3)10(12(4,5)6)13(7,8)9/h10H,1-9H3/q+1. The maximum Gasteiger partial charge on any atom is 0.241 e. The molecule has 0 saturated carbocycles. The highest BCUT2D eigenvalue weighted by atomic mass is 28.5. The lowest BCUT2D eigenvalue weighted by molar-refractivity contribution is -0.556. The molecule has 1 N–H and O–H groups in total. The van der Waals surface area contributed by atoms with E-state index in [9.17, 15) is 0 Å². The zero-order valence-electron chi connectivity index (χ0n) is 11.0. The SMILES string of the molecule is C[Si](C)(C)[NH+]([Si](C)(C)C)[Si](C)(C)C. The second kappa shape index (κ2) is 3.64. The molecule has 0 fully saturated rings. The zero-order valence-corrected chi connectivity index (χ0v) is 14.0. The van der Waals surface area contributed by atoms with Gasteiger partial charge in [0.15, 0.2) is 0 Å². The van der Waals surface area contributed by atoms with Crippen molar-refractivity contribution >= 4 is 24.7 Å². The van der Waals surface area contributed by atoms with Gasteiger partial charge >= 0.3 is 0 Å². The summed E-state index contributed by atoms with van der Waals surface area (Å²) >= 11 is 0. The second-order valence-corrected chi connectivity index (χ2v) is 23.6. The molecule has 0 spiro atoms. The average Bonchev–Trinajstić information content (AvgIpc) is 1.44. The topological polar surface area (TPSA) is 4.44 Å². The molecule has 0 aromatic carbocycles. The first-order valence-electron chi connectivity index (χ1n) is 5.25. The molecule has 0 aliphatic rings. The van der Waals surface area contributed by atoms with E-state index in [1.165, 1.54) is 0 Å². The highest BCUT2D eigenvalue weighted by Crippen LogP contribution is 2.04. The van der Waals surface area contributed by atoms with E-state index in [4.69, 9.17) is 0 Å². The van der Waals surface area contributed by atoms with Crippen LogP contribution in [0.3, 0.4) is 0 Å². The van der Waals surface area contributed by atoms with Crippen molar-refractivity contribution in [2.24, 2.45) is 0 Å². The lowest BCUT2D eigenvalue weighted by Gasteiger charge is -2.49. The Balaban J connectivity index is 5.02. The van der Waals surface area contributed by atoms with E-state index in [0.29, 0.717) is 0 Å². The summed E-state index contributed by atoms with van der Waals surface area (Å²) in [5.41, 5.74) is 0. The van der Waals surface area contributed by atoms with E-state index >= 15 is 0 Å². The second-order valence-electron chi connectivity index (χ2n) is 7.12. The highest BCUT2D eigenvalue weighted by Gasteiger charge is 2.47. The summed E-state index contributed by atoms with van der Waals surface area (Å²) in [5.74, 6) is 0. The molecular formula is C9H28NSi3+. The van der Waals surface area contributed by atoms with E-state index < -0.39 is 24.7 Å². The predicted molar refractivity (Wildman–Crippen MR) is 71.0 cm³/mol. The molecule has 0 aliphatic carbocycles. The van der Waals surface area contributed by atoms with Gasteiger partial charge in [0.1, 0.15) is 0 Å². The van der Waals surface area contributed by atoms with Gasteiger partial charge in [-0.25, -0.2) is 0 Å². The maximum absolute atomic E-state index is 2.53. The Morgan fingerprint density at radius 1 is 0.462 bits per heavy atom. The summed E-state index contributed by atoms with van der Waals surface area (Å²) < 4.78 is 2.06. The lowest BCUT2D eigenvalue weighted by Crippen LogP contribution is -3.35. The molecule has 0 aliphatic heterocycles. The van der Waals surface area contributed by atoms with E-state index in [2.05, 4.69) is 62.8 Å². The van der Waals surface area contributed by atoms with Crippen LogP contribution in [0.5, 0.6) is 0 Å². The first-order chi connectivity index (χ1) is 5.37. The normalized spacial score (nSPS) is 15.2. The highest BCUT2D eigenvalue weighted by molar-refractivity contribution is 6.91. The molecule has 0 radical (unpaired) electrons. The van der Waals surface area contributed by atoms with Gasteiger partial charge in [0, 0.05) is 0 Å². The Hall–Kier alpha value is 0.611. The predicted octanol–water partition coefficient (Wildman–Crippen LogP) is 2.38. The van der Waals surface area contributed by atoms with Crippen LogP contribution in [0, 0.1) is 0 Å². The number of quaternary nitrogens is 1. The minimum atomic E-state index is -1.02. The van der Waals surface area contributed by atoms with Crippen molar-refractivity contribution in [3.63, 3.8) is 0 Å². The maximum atomic E-state index is 2.53. The van der Waals surface area contributed by atoms with E-state index in [0.717, 1.165) is 0 Å². The third-order valence-electron chi connectivity index (χ3n) is 2.25. The van der Waals surface area contributed by atoms with Gasteiger partial charge in [-0.15, -0.1) is 0 Å².